The SMILES string of the molecule is Cc1cc2ccc(N)cc2n(C(=O)c2ccccc2F)c1=O. The monoisotopic (exact) mass is 296 g/mol. The number of nitrogen functional groups attached to an aromatic ring is 1. The molecule has 0 unspecified atom stereocenters. The van der Waals surface area contributed by atoms with E-state index >= 15 is 0 Å². The lowest BCUT2D eigenvalue weighted by Crippen LogP contribution is -2.29. The maximum Gasteiger partial charge on any atom is 0.268 e. The maximum absolute atomic E-state index is 13.9. The minimum atomic E-state index is -0.706. The number of hydrogen-bond acceptors (Lipinski definition) is 3. The number of anilines is 1. The van der Waals surface area contributed by atoms with Crippen LogP contribution in [0.25, 0.3) is 10.9 Å². The molecule has 0 saturated heterocycles. The molecular formula is C17H13FN2O2. The molecule has 0 fully saturated rings. The lowest BCUT2D eigenvalue weighted by molar-refractivity contribution is 0.0957. The zero-order chi connectivity index (χ0) is 15.9. The summed E-state index contributed by atoms with van der Waals surface area (Å²) >= 11 is 0. The van der Waals surface area contributed by atoms with Gasteiger partial charge in [-0.2, -0.15) is 0 Å². The fraction of sp³-hybridized carbons (Fsp3) is 0.0588. The number of nitrogens with two attached hydrogens (primary N) is 1. The molecule has 0 aliphatic rings. The van der Waals surface area contributed by atoms with Gasteiger partial charge in [-0.15, -0.1) is 0 Å². The van der Waals surface area contributed by atoms with Crippen LogP contribution in [-0.4, -0.2) is 10.5 Å². The predicted octanol–water partition coefficient (Wildman–Crippen LogP) is 2.72. The molecule has 0 spiro atoms. The van der Waals surface area contributed by atoms with E-state index in [-0.39, 0.29) is 5.56 Å². The van der Waals surface area contributed by atoms with E-state index in [2.05, 4.69) is 0 Å². The van der Waals surface area contributed by atoms with Gasteiger partial charge in [0, 0.05) is 11.3 Å². The Morgan fingerprint density at radius 1 is 1.14 bits per heavy atom. The minimum Gasteiger partial charge on any atom is -0.399 e. The molecule has 4 nitrogen and oxygen atoms in total. The Bertz CT molecular complexity index is 961. The zero-order valence-corrected chi connectivity index (χ0v) is 11.8. The van der Waals surface area contributed by atoms with Crippen LogP contribution in [0, 0.1) is 12.7 Å². The number of carbonyl (C=O) groups excluding carboxylic acids is 1. The van der Waals surface area contributed by atoms with Crippen LogP contribution in [0.5, 0.6) is 0 Å². The Morgan fingerprint density at radius 3 is 2.59 bits per heavy atom. The van der Waals surface area contributed by atoms with Gasteiger partial charge in [-0.3, -0.25) is 9.59 Å². The number of fused-ring (bicyclic) bond motifs is 1. The van der Waals surface area contributed by atoms with E-state index in [9.17, 15) is 14.0 Å². The normalized spacial score (nSPS) is 10.8. The van der Waals surface area contributed by atoms with Crippen molar-refractivity contribution in [2.75, 3.05) is 5.73 Å². The van der Waals surface area contributed by atoms with Gasteiger partial charge < -0.3 is 5.73 Å². The van der Waals surface area contributed by atoms with Gasteiger partial charge >= 0.3 is 0 Å². The molecule has 5 heteroatoms. The molecular weight excluding hydrogens is 283 g/mol. The number of aryl methyl sites for hydroxylation is 1. The van der Waals surface area contributed by atoms with Crippen LogP contribution in [0.15, 0.2) is 53.3 Å². The Labute approximate surface area is 125 Å². The molecule has 1 aromatic heterocycles. The molecule has 3 rings (SSSR count). The van der Waals surface area contributed by atoms with Crippen molar-refractivity contribution >= 4 is 22.5 Å². The summed E-state index contributed by atoms with van der Waals surface area (Å²) in [6, 6.07) is 12.2. The summed E-state index contributed by atoms with van der Waals surface area (Å²) in [6.07, 6.45) is 0. The van der Waals surface area contributed by atoms with Crippen molar-refractivity contribution < 1.29 is 9.18 Å². The lowest BCUT2D eigenvalue weighted by atomic mass is 10.1. The number of rotatable bonds is 1. The van der Waals surface area contributed by atoms with E-state index < -0.39 is 17.3 Å². The second-order valence-corrected chi connectivity index (χ2v) is 5.07. The van der Waals surface area contributed by atoms with Gasteiger partial charge in [0.05, 0.1) is 11.1 Å². The smallest absolute Gasteiger partial charge is 0.268 e. The summed E-state index contributed by atoms with van der Waals surface area (Å²) in [4.78, 5) is 25.0. The first kappa shape index (κ1) is 14.0. The van der Waals surface area contributed by atoms with E-state index in [1.165, 1.54) is 24.3 Å². The fourth-order valence-electron chi connectivity index (χ4n) is 2.41. The van der Waals surface area contributed by atoms with Crippen molar-refractivity contribution in [3.63, 3.8) is 0 Å². The highest BCUT2D eigenvalue weighted by Gasteiger charge is 2.18. The molecule has 0 bridgehead atoms. The van der Waals surface area contributed by atoms with Crippen molar-refractivity contribution in [2.24, 2.45) is 0 Å². The third-order valence-corrected chi connectivity index (χ3v) is 3.52. The molecule has 0 aliphatic carbocycles. The van der Waals surface area contributed by atoms with Gasteiger partial charge in [-0.05, 0) is 42.6 Å². The average Bonchev–Trinajstić information content (AvgIpc) is 2.49. The molecule has 0 amide bonds. The minimum absolute atomic E-state index is 0.154. The molecule has 0 aliphatic heterocycles. The Kier molecular flexibility index (Phi) is 3.25. The summed E-state index contributed by atoms with van der Waals surface area (Å²) in [6.45, 7) is 1.61. The highest BCUT2D eigenvalue weighted by Crippen LogP contribution is 2.19. The van der Waals surface area contributed by atoms with E-state index in [1.807, 2.05) is 0 Å². The van der Waals surface area contributed by atoms with Crippen LogP contribution in [0.3, 0.4) is 0 Å². The van der Waals surface area contributed by atoms with Crippen LogP contribution < -0.4 is 11.3 Å². The Morgan fingerprint density at radius 2 is 1.86 bits per heavy atom. The van der Waals surface area contributed by atoms with Crippen LogP contribution >= 0.6 is 0 Å². The number of halogens is 1. The third kappa shape index (κ3) is 2.16. The second-order valence-electron chi connectivity index (χ2n) is 5.07. The first-order valence-electron chi connectivity index (χ1n) is 6.70. The number of hydrogen-bond donors (Lipinski definition) is 1. The molecule has 0 atom stereocenters. The molecule has 1 heterocycles. The van der Waals surface area contributed by atoms with Crippen molar-refractivity contribution in [1.82, 2.24) is 4.57 Å². The molecule has 2 N–H and O–H groups in total. The number of nitrogens with zero attached hydrogens (tertiary/aromatic N) is 1. The first-order chi connectivity index (χ1) is 10.5. The van der Waals surface area contributed by atoms with Crippen molar-refractivity contribution in [1.29, 1.82) is 0 Å². The summed E-state index contributed by atoms with van der Waals surface area (Å²) in [5.41, 5.74) is 6.31. The number of pyridine rings is 1. The van der Waals surface area contributed by atoms with E-state index in [0.717, 1.165) is 4.57 Å². The van der Waals surface area contributed by atoms with E-state index in [1.54, 1.807) is 31.2 Å². The van der Waals surface area contributed by atoms with Gasteiger partial charge in [0.25, 0.3) is 11.5 Å². The van der Waals surface area contributed by atoms with Crippen LogP contribution in [0.4, 0.5) is 10.1 Å². The van der Waals surface area contributed by atoms with Crippen LogP contribution in [0.1, 0.15) is 15.9 Å². The Balaban J connectivity index is 2.37. The van der Waals surface area contributed by atoms with Crippen LogP contribution in [-0.2, 0) is 0 Å². The van der Waals surface area contributed by atoms with Crippen molar-refractivity contribution in [3.8, 4) is 0 Å². The zero-order valence-electron chi connectivity index (χ0n) is 11.8. The number of carbonyl (C=O) groups is 1. The van der Waals surface area contributed by atoms with Gasteiger partial charge in [0.15, 0.2) is 0 Å². The van der Waals surface area contributed by atoms with Gasteiger partial charge in [-0.25, -0.2) is 8.96 Å². The largest absolute Gasteiger partial charge is 0.399 e. The molecule has 110 valence electrons. The predicted molar refractivity (Wildman–Crippen MR) is 83.5 cm³/mol. The van der Waals surface area contributed by atoms with Crippen molar-refractivity contribution in [2.45, 2.75) is 6.92 Å². The average molecular weight is 296 g/mol. The van der Waals surface area contributed by atoms with Crippen molar-refractivity contribution in [3.05, 3.63) is 75.8 Å². The topological polar surface area (TPSA) is 65.1 Å². The summed E-state index contributed by atoms with van der Waals surface area (Å²) in [5.74, 6) is -1.37. The molecule has 22 heavy (non-hydrogen) atoms. The number of benzene rings is 2. The van der Waals surface area contributed by atoms with Gasteiger partial charge in [-0.1, -0.05) is 18.2 Å². The highest BCUT2D eigenvalue weighted by molar-refractivity contribution is 6.02. The Hall–Kier alpha value is -2.95. The second kappa shape index (κ2) is 5.11. The fourth-order valence-corrected chi connectivity index (χ4v) is 2.41. The van der Waals surface area contributed by atoms with E-state index in [0.29, 0.717) is 22.2 Å². The lowest BCUT2D eigenvalue weighted by Gasteiger charge is -2.11. The highest BCUT2D eigenvalue weighted by atomic mass is 19.1. The molecule has 0 saturated carbocycles. The quantitative estimate of drug-likeness (QED) is 0.702. The maximum atomic E-state index is 13.9. The summed E-state index contributed by atoms with van der Waals surface area (Å²) in [7, 11) is 0. The standard InChI is InChI=1S/C17H13FN2O2/c1-10-8-11-6-7-12(19)9-15(11)20(16(10)21)17(22)13-4-2-3-5-14(13)18/h2-9H,19H2,1H3. The summed E-state index contributed by atoms with van der Waals surface area (Å²) in [5, 5.41) is 0.691. The first-order valence-corrected chi connectivity index (χ1v) is 6.70. The molecule has 2 aromatic carbocycles. The molecule has 0 radical (unpaired) electrons. The van der Waals surface area contributed by atoms with Crippen LogP contribution in [0.2, 0.25) is 0 Å². The molecule has 3 aromatic rings. The van der Waals surface area contributed by atoms with E-state index in [4.69, 9.17) is 5.73 Å². The van der Waals surface area contributed by atoms with Gasteiger partial charge in [0.2, 0.25) is 0 Å². The third-order valence-electron chi connectivity index (χ3n) is 3.52. The van der Waals surface area contributed by atoms with Gasteiger partial charge in [0.1, 0.15) is 5.82 Å². The number of aromatic nitrogens is 1. The summed E-state index contributed by atoms with van der Waals surface area (Å²) < 4.78 is 14.8.